The molecule has 2 aromatic rings. The first-order valence-electron chi connectivity index (χ1n) is 5.99. The average Bonchev–Trinajstić information content (AvgIpc) is 2.36. The van der Waals surface area contributed by atoms with E-state index in [1.165, 1.54) is 5.56 Å². The van der Waals surface area contributed by atoms with Crippen LogP contribution >= 0.6 is 11.6 Å². The lowest BCUT2D eigenvalue weighted by atomic mass is 10.2. The summed E-state index contributed by atoms with van der Waals surface area (Å²) in [6, 6.07) is 12.1. The number of benzene rings is 1. The largest absolute Gasteiger partial charge is 0.352 e. The third-order valence-corrected chi connectivity index (χ3v) is 2.91. The lowest BCUT2D eigenvalue weighted by Gasteiger charge is -2.22. The second kappa shape index (κ2) is 5.83. The fourth-order valence-corrected chi connectivity index (χ4v) is 2.06. The Morgan fingerprint density at radius 3 is 2.50 bits per heavy atom. The van der Waals surface area contributed by atoms with E-state index in [0.717, 1.165) is 18.9 Å². The van der Waals surface area contributed by atoms with Crippen LogP contribution in [-0.4, -0.2) is 16.5 Å². The van der Waals surface area contributed by atoms with Crippen molar-refractivity contribution in [2.45, 2.75) is 20.4 Å². The molecule has 0 aliphatic carbocycles. The van der Waals surface area contributed by atoms with E-state index < -0.39 is 0 Å². The predicted molar refractivity (Wildman–Crippen MR) is 74.9 cm³/mol. The van der Waals surface area contributed by atoms with E-state index in [2.05, 4.69) is 33.9 Å². The molecule has 18 heavy (non-hydrogen) atoms. The van der Waals surface area contributed by atoms with E-state index in [1.54, 1.807) is 6.07 Å². The Morgan fingerprint density at radius 2 is 1.89 bits per heavy atom. The fraction of sp³-hybridized carbons (Fsp3) is 0.286. The second-order valence-electron chi connectivity index (χ2n) is 4.10. The van der Waals surface area contributed by atoms with Crippen molar-refractivity contribution in [3.8, 4) is 0 Å². The van der Waals surface area contributed by atoms with Gasteiger partial charge in [-0.2, -0.15) is 0 Å². The summed E-state index contributed by atoms with van der Waals surface area (Å²) in [6.45, 7) is 5.66. The van der Waals surface area contributed by atoms with Crippen LogP contribution in [0.25, 0.3) is 0 Å². The summed E-state index contributed by atoms with van der Waals surface area (Å²) >= 11 is 5.98. The molecule has 0 spiro atoms. The molecule has 0 amide bonds. The van der Waals surface area contributed by atoms with Crippen LogP contribution in [0.5, 0.6) is 0 Å². The predicted octanol–water partition coefficient (Wildman–Crippen LogP) is 3.46. The fourth-order valence-electron chi connectivity index (χ4n) is 1.84. The number of nitrogens with zero attached hydrogens (tertiary/aromatic N) is 3. The van der Waals surface area contributed by atoms with Crippen molar-refractivity contribution >= 4 is 17.4 Å². The smallest absolute Gasteiger partial charge is 0.134 e. The van der Waals surface area contributed by atoms with E-state index in [0.29, 0.717) is 11.0 Å². The minimum atomic E-state index is 0.490. The maximum Gasteiger partial charge on any atom is 0.134 e. The van der Waals surface area contributed by atoms with Crippen LogP contribution in [0.15, 0.2) is 36.4 Å². The molecule has 1 aromatic carbocycles. The van der Waals surface area contributed by atoms with Crippen molar-refractivity contribution < 1.29 is 0 Å². The molecule has 0 aliphatic heterocycles. The molecule has 0 saturated carbocycles. The van der Waals surface area contributed by atoms with Crippen LogP contribution in [0.3, 0.4) is 0 Å². The average molecular weight is 262 g/mol. The summed E-state index contributed by atoms with van der Waals surface area (Å²) in [4.78, 5) is 10.7. The SMILES string of the molecule is CCN(Cc1ccccc1)c1cc(Cl)nc(C)n1. The molecule has 0 unspecified atom stereocenters. The second-order valence-corrected chi connectivity index (χ2v) is 4.48. The van der Waals surface area contributed by atoms with Gasteiger partial charge in [0.15, 0.2) is 0 Å². The standard InChI is InChI=1S/C14H16ClN3/c1-3-18(10-12-7-5-4-6-8-12)14-9-13(15)16-11(2)17-14/h4-9H,3,10H2,1-2H3. The number of halogens is 1. The Balaban J connectivity index is 2.23. The summed E-state index contributed by atoms with van der Waals surface area (Å²) in [7, 11) is 0. The van der Waals surface area contributed by atoms with E-state index in [4.69, 9.17) is 11.6 Å². The molecule has 0 aliphatic rings. The van der Waals surface area contributed by atoms with Crippen molar-refractivity contribution in [2.24, 2.45) is 0 Å². The third-order valence-electron chi connectivity index (χ3n) is 2.72. The van der Waals surface area contributed by atoms with Crippen molar-refractivity contribution in [3.63, 3.8) is 0 Å². The van der Waals surface area contributed by atoms with Gasteiger partial charge in [-0.25, -0.2) is 9.97 Å². The molecule has 3 nitrogen and oxygen atoms in total. The molecule has 4 heteroatoms. The van der Waals surface area contributed by atoms with Gasteiger partial charge in [-0.3, -0.25) is 0 Å². The number of aryl methyl sites for hydroxylation is 1. The minimum absolute atomic E-state index is 0.490. The molecular weight excluding hydrogens is 246 g/mol. The summed E-state index contributed by atoms with van der Waals surface area (Å²) in [6.07, 6.45) is 0. The van der Waals surface area contributed by atoms with Crippen molar-refractivity contribution in [2.75, 3.05) is 11.4 Å². The van der Waals surface area contributed by atoms with Gasteiger partial charge in [0.1, 0.15) is 16.8 Å². The van der Waals surface area contributed by atoms with Crippen LogP contribution in [0, 0.1) is 6.92 Å². The molecule has 0 saturated heterocycles. The lowest BCUT2D eigenvalue weighted by molar-refractivity contribution is 0.804. The summed E-state index contributed by atoms with van der Waals surface area (Å²) in [5.41, 5.74) is 1.26. The molecular formula is C14H16ClN3. The highest BCUT2D eigenvalue weighted by atomic mass is 35.5. The Bertz CT molecular complexity index is 493. The van der Waals surface area contributed by atoms with E-state index in [1.807, 2.05) is 25.1 Å². The number of hydrogen-bond acceptors (Lipinski definition) is 3. The normalized spacial score (nSPS) is 10.4. The van der Waals surface area contributed by atoms with Crippen molar-refractivity contribution in [3.05, 3.63) is 52.9 Å². The molecule has 1 heterocycles. The Hall–Kier alpha value is -1.61. The zero-order valence-electron chi connectivity index (χ0n) is 10.6. The van der Waals surface area contributed by atoms with E-state index >= 15 is 0 Å². The molecule has 0 fully saturated rings. The summed E-state index contributed by atoms with van der Waals surface area (Å²) < 4.78 is 0. The first kappa shape index (κ1) is 12.8. The van der Waals surface area contributed by atoms with Gasteiger partial charge < -0.3 is 4.90 Å². The molecule has 0 radical (unpaired) electrons. The van der Waals surface area contributed by atoms with Crippen molar-refractivity contribution in [1.82, 2.24) is 9.97 Å². The number of anilines is 1. The highest BCUT2D eigenvalue weighted by molar-refractivity contribution is 6.29. The zero-order valence-corrected chi connectivity index (χ0v) is 11.4. The van der Waals surface area contributed by atoms with Gasteiger partial charge in [0, 0.05) is 19.2 Å². The molecule has 0 atom stereocenters. The van der Waals surface area contributed by atoms with Gasteiger partial charge in [0.2, 0.25) is 0 Å². The summed E-state index contributed by atoms with van der Waals surface area (Å²) in [5.74, 6) is 1.57. The highest BCUT2D eigenvalue weighted by Gasteiger charge is 2.08. The Labute approximate surface area is 112 Å². The maximum absolute atomic E-state index is 5.98. The summed E-state index contributed by atoms with van der Waals surface area (Å²) in [5, 5.41) is 0.490. The van der Waals surface area contributed by atoms with E-state index in [9.17, 15) is 0 Å². The maximum atomic E-state index is 5.98. The third kappa shape index (κ3) is 3.20. The van der Waals surface area contributed by atoms with Gasteiger partial charge in [-0.05, 0) is 19.4 Å². The minimum Gasteiger partial charge on any atom is -0.352 e. The lowest BCUT2D eigenvalue weighted by Crippen LogP contribution is -2.23. The van der Waals surface area contributed by atoms with Gasteiger partial charge in [0.05, 0.1) is 0 Å². The zero-order chi connectivity index (χ0) is 13.0. The number of rotatable bonds is 4. The molecule has 94 valence electrons. The van der Waals surface area contributed by atoms with Gasteiger partial charge in [0.25, 0.3) is 0 Å². The first-order valence-corrected chi connectivity index (χ1v) is 6.37. The molecule has 2 rings (SSSR count). The monoisotopic (exact) mass is 261 g/mol. The van der Waals surface area contributed by atoms with Gasteiger partial charge in [-0.1, -0.05) is 41.9 Å². The van der Waals surface area contributed by atoms with E-state index in [-0.39, 0.29) is 0 Å². The topological polar surface area (TPSA) is 29.0 Å². The highest BCUT2D eigenvalue weighted by Crippen LogP contribution is 2.18. The van der Waals surface area contributed by atoms with Crippen molar-refractivity contribution in [1.29, 1.82) is 0 Å². The van der Waals surface area contributed by atoms with Crippen LogP contribution in [0.1, 0.15) is 18.3 Å². The number of aromatic nitrogens is 2. The Morgan fingerprint density at radius 1 is 1.17 bits per heavy atom. The molecule has 0 N–H and O–H groups in total. The van der Waals surface area contributed by atoms with Crippen LogP contribution in [-0.2, 0) is 6.54 Å². The molecule has 0 bridgehead atoms. The quantitative estimate of drug-likeness (QED) is 0.790. The van der Waals surface area contributed by atoms with Crippen LogP contribution in [0.4, 0.5) is 5.82 Å². The van der Waals surface area contributed by atoms with Gasteiger partial charge >= 0.3 is 0 Å². The Kier molecular flexibility index (Phi) is 4.15. The van der Waals surface area contributed by atoms with Gasteiger partial charge in [-0.15, -0.1) is 0 Å². The number of hydrogen-bond donors (Lipinski definition) is 0. The molecule has 1 aromatic heterocycles. The van der Waals surface area contributed by atoms with Crippen LogP contribution < -0.4 is 4.90 Å². The first-order chi connectivity index (χ1) is 8.69. The van der Waals surface area contributed by atoms with Crippen LogP contribution in [0.2, 0.25) is 5.15 Å².